The van der Waals surface area contributed by atoms with Crippen LogP contribution in [0.3, 0.4) is 0 Å². The number of benzene rings is 1. The number of nitrogens with one attached hydrogen (secondary N) is 1. The van der Waals surface area contributed by atoms with Crippen molar-refractivity contribution in [3.8, 4) is 0 Å². The van der Waals surface area contributed by atoms with Crippen molar-refractivity contribution in [1.82, 2.24) is 5.32 Å². The molecule has 2 unspecified atom stereocenters. The molecule has 0 saturated carbocycles. The van der Waals surface area contributed by atoms with Crippen molar-refractivity contribution in [3.63, 3.8) is 0 Å². The fourth-order valence-electron chi connectivity index (χ4n) is 2.39. The Morgan fingerprint density at radius 3 is 2.58 bits per heavy atom. The lowest BCUT2D eigenvalue weighted by molar-refractivity contribution is 0.391. The van der Waals surface area contributed by atoms with E-state index >= 15 is 0 Å². The summed E-state index contributed by atoms with van der Waals surface area (Å²) < 4.78 is 13.1. The molecule has 0 aromatic heterocycles. The standard InChI is InChI=1S/C17H28FN/c1-5-9-19-17(10-13(3)6-2)12-15-7-8-16(18)11-14(15)4/h7-8,11,13,17,19H,5-6,9-10,12H2,1-4H3. The van der Waals surface area contributed by atoms with Gasteiger partial charge in [-0.25, -0.2) is 4.39 Å². The molecule has 1 nitrogen and oxygen atoms in total. The topological polar surface area (TPSA) is 12.0 Å². The summed E-state index contributed by atoms with van der Waals surface area (Å²) in [7, 11) is 0. The van der Waals surface area contributed by atoms with E-state index in [1.54, 1.807) is 12.1 Å². The van der Waals surface area contributed by atoms with Gasteiger partial charge in [0.1, 0.15) is 5.82 Å². The summed E-state index contributed by atoms with van der Waals surface area (Å²) in [5.74, 6) is 0.594. The van der Waals surface area contributed by atoms with Gasteiger partial charge in [-0.05, 0) is 61.9 Å². The van der Waals surface area contributed by atoms with Crippen LogP contribution in [0.1, 0.15) is 51.2 Å². The minimum Gasteiger partial charge on any atom is -0.314 e. The van der Waals surface area contributed by atoms with Crippen molar-refractivity contribution in [2.24, 2.45) is 5.92 Å². The molecule has 0 spiro atoms. The SMILES string of the molecule is CCCNC(Cc1ccc(F)cc1C)CC(C)CC. The summed E-state index contributed by atoms with van der Waals surface area (Å²) >= 11 is 0. The summed E-state index contributed by atoms with van der Waals surface area (Å²) in [5, 5.41) is 3.63. The van der Waals surface area contributed by atoms with Gasteiger partial charge in [-0.15, -0.1) is 0 Å². The summed E-state index contributed by atoms with van der Waals surface area (Å²) in [6.07, 6.45) is 4.55. The van der Waals surface area contributed by atoms with Gasteiger partial charge in [0.2, 0.25) is 0 Å². The summed E-state index contributed by atoms with van der Waals surface area (Å²) in [6.45, 7) is 9.79. The normalized spacial score (nSPS) is 14.4. The summed E-state index contributed by atoms with van der Waals surface area (Å²) in [6, 6.07) is 5.64. The lowest BCUT2D eigenvalue weighted by Gasteiger charge is -2.22. The summed E-state index contributed by atoms with van der Waals surface area (Å²) in [4.78, 5) is 0. The maximum Gasteiger partial charge on any atom is 0.123 e. The van der Waals surface area contributed by atoms with Gasteiger partial charge in [-0.2, -0.15) is 0 Å². The van der Waals surface area contributed by atoms with E-state index in [1.165, 1.54) is 18.4 Å². The molecule has 2 atom stereocenters. The Kier molecular flexibility index (Phi) is 7.07. The number of halogens is 1. The molecule has 108 valence electrons. The van der Waals surface area contributed by atoms with Crippen molar-refractivity contribution in [1.29, 1.82) is 0 Å². The van der Waals surface area contributed by atoms with Crippen LogP contribution in [-0.2, 0) is 6.42 Å². The second-order valence-electron chi connectivity index (χ2n) is 5.68. The van der Waals surface area contributed by atoms with Crippen LogP contribution in [0.2, 0.25) is 0 Å². The molecule has 0 aliphatic rings. The Labute approximate surface area is 117 Å². The molecule has 0 saturated heterocycles. The molecule has 0 radical (unpaired) electrons. The highest BCUT2D eigenvalue weighted by Crippen LogP contribution is 2.17. The Morgan fingerprint density at radius 2 is 2.00 bits per heavy atom. The van der Waals surface area contributed by atoms with E-state index in [0.717, 1.165) is 30.9 Å². The number of hydrogen-bond donors (Lipinski definition) is 1. The molecule has 0 fully saturated rings. The van der Waals surface area contributed by atoms with Crippen LogP contribution >= 0.6 is 0 Å². The van der Waals surface area contributed by atoms with Crippen LogP contribution < -0.4 is 5.32 Å². The van der Waals surface area contributed by atoms with Gasteiger partial charge in [0.15, 0.2) is 0 Å². The van der Waals surface area contributed by atoms with E-state index in [4.69, 9.17) is 0 Å². The molecule has 0 aliphatic carbocycles. The Balaban J connectivity index is 2.69. The van der Waals surface area contributed by atoms with E-state index in [2.05, 4.69) is 26.1 Å². The predicted octanol–water partition coefficient (Wildman–Crippen LogP) is 4.48. The van der Waals surface area contributed by atoms with Crippen molar-refractivity contribution in [2.75, 3.05) is 6.54 Å². The third-order valence-corrected chi connectivity index (χ3v) is 3.84. The second-order valence-corrected chi connectivity index (χ2v) is 5.68. The molecule has 19 heavy (non-hydrogen) atoms. The van der Waals surface area contributed by atoms with E-state index in [1.807, 2.05) is 13.0 Å². The highest BCUT2D eigenvalue weighted by Gasteiger charge is 2.13. The number of aryl methyl sites for hydroxylation is 1. The van der Waals surface area contributed by atoms with Crippen molar-refractivity contribution in [3.05, 3.63) is 35.1 Å². The Hall–Kier alpha value is -0.890. The number of rotatable bonds is 8. The number of hydrogen-bond acceptors (Lipinski definition) is 1. The molecule has 0 aliphatic heterocycles. The molecule has 2 heteroatoms. The van der Waals surface area contributed by atoms with E-state index in [0.29, 0.717) is 6.04 Å². The van der Waals surface area contributed by atoms with Gasteiger partial charge >= 0.3 is 0 Å². The van der Waals surface area contributed by atoms with Crippen LogP contribution in [0.15, 0.2) is 18.2 Å². The minimum atomic E-state index is -0.138. The maximum absolute atomic E-state index is 13.1. The zero-order valence-corrected chi connectivity index (χ0v) is 12.8. The van der Waals surface area contributed by atoms with Crippen LogP contribution in [0.25, 0.3) is 0 Å². The zero-order valence-electron chi connectivity index (χ0n) is 12.8. The molecule has 1 aromatic rings. The molecule has 0 heterocycles. The highest BCUT2D eigenvalue weighted by molar-refractivity contribution is 5.27. The fourth-order valence-corrected chi connectivity index (χ4v) is 2.39. The molecule has 1 N–H and O–H groups in total. The van der Waals surface area contributed by atoms with Gasteiger partial charge < -0.3 is 5.32 Å². The predicted molar refractivity (Wildman–Crippen MR) is 81.0 cm³/mol. The maximum atomic E-state index is 13.1. The first-order valence-electron chi connectivity index (χ1n) is 7.55. The van der Waals surface area contributed by atoms with Gasteiger partial charge in [0.05, 0.1) is 0 Å². The lowest BCUT2D eigenvalue weighted by Crippen LogP contribution is -2.33. The van der Waals surface area contributed by atoms with Gasteiger partial charge in [0.25, 0.3) is 0 Å². The minimum absolute atomic E-state index is 0.138. The first-order chi connectivity index (χ1) is 9.06. The molecular weight excluding hydrogens is 237 g/mol. The van der Waals surface area contributed by atoms with E-state index in [-0.39, 0.29) is 5.82 Å². The first kappa shape index (κ1) is 16.2. The quantitative estimate of drug-likeness (QED) is 0.730. The fraction of sp³-hybridized carbons (Fsp3) is 0.647. The monoisotopic (exact) mass is 265 g/mol. The van der Waals surface area contributed by atoms with Crippen LogP contribution in [0, 0.1) is 18.7 Å². The lowest BCUT2D eigenvalue weighted by atomic mass is 9.93. The molecule has 1 aromatic carbocycles. The third kappa shape index (κ3) is 5.73. The van der Waals surface area contributed by atoms with Crippen molar-refractivity contribution in [2.45, 2.75) is 59.4 Å². The smallest absolute Gasteiger partial charge is 0.123 e. The zero-order chi connectivity index (χ0) is 14.3. The molecule has 1 rings (SSSR count). The van der Waals surface area contributed by atoms with Crippen molar-refractivity contribution < 1.29 is 4.39 Å². The van der Waals surface area contributed by atoms with Crippen LogP contribution in [-0.4, -0.2) is 12.6 Å². The average Bonchev–Trinajstić information content (AvgIpc) is 2.38. The molecular formula is C17H28FN. The van der Waals surface area contributed by atoms with Crippen molar-refractivity contribution >= 4 is 0 Å². The van der Waals surface area contributed by atoms with Crippen LogP contribution in [0.4, 0.5) is 4.39 Å². The van der Waals surface area contributed by atoms with Crippen LogP contribution in [0.5, 0.6) is 0 Å². The Bertz CT molecular complexity index is 376. The Morgan fingerprint density at radius 1 is 1.26 bits per heavy atom. The molecule has 0 amide bonds. The third-order valence-electron chi connectivity index (χ3n) is 3.84. The van der Waals surface area contributed by atoms with E-state index < -0.39 is 0 Å². The first-order valence-corrected chi connectivity index (χ1v) is 7.55. The average molecular weight is 265 g/mol. The molecule has 0 bridgehead atoms. The van der Waals surface area contributed by atoms with E-state index in [9.17, 15) is 4.39 Å². The highest BCUT2D eigenvalue weighted by atomic mass is 19.1. The second kappa shape index (κ2) is 8.31. The summed E-state index contributed by atoms with van der Waals surface area (Å²) in [5.41, 5.74) is 2.32. The van der Waals surface area contributed by atoms with Gasteiger partial charge in [0, 0.05) is 6.04 Å². The largest absolute Gasteiger partial charge is 0.314 e. The van der Waals surface area contributed by atoms with Gasteiger partial charge in [-0.3, -0.25) is 0 Å². The van der Waals surface area contributed by atoms with Gasteiger partial charge in [-0.1, -0.05) is 33.3 Å².